The zero-order valence-corrected chi connectivity index (χ0v) is 18.0. The number of anilines is 2. The molecule has 32 heavy (non-hydrogen) atoms. The summed E-state index contributed by atoms with van der Waals surface area (Å²) >= 11 is 0. The molecule has 2 aliphatic rings. The van der Waals surface area contributed by atoms with Crippen molar-refractivity contribution in [2.45, 2.75) is 13.3 Å². The van der Waals surface area contributed by atoms with E-state index < -0.39 is 0 Å². The van der Waals surface area contributed by atoms with Crippen molar-refractivity contribution in [3.8, 4) is 0 Å². The number of carbonyl (C=O) groups is 1. The zero-order chi connectivity index (χ0) is 21.9. The fourth-order valence-electron chi connectivity index (χ4n) is 3.84. The molecule has 4 heterocycles. The predicted octanol–water partition coefficient (Wildman–Crippen LogP) is 2.54. The van der Waals surface area contributed by atoms with Crippen molar-refractivity contribution in [3.05, 3.63) is 53.3 Å². The minimum atomic E-state index is 0.0295. The Labute approximate surface area is 186 Å². The summed E-state index contributed by atoms with van der Waals surface area (Å²) in [5.74, 6) is 1.61. The van der Waals surface area contributed by atoms with Crippen LogP contribution >= 0.6 is 0 Å². The third-order valence-corrected chi connectivity index (χ3v) is 5.63. The maximum atomic E-state index is 12.7. The number of carbonyl (C=O) groups excluding carboxylic acids is 1. The summed E-state index contributed by atoms with van der Waals surface area (Å²) in [4.78, 5) is 24.2. The second-order valence-corrected chi connectivity index (χ2v) is 8.21. The van der Waals surface area contributed by atoms with Crippen LogP contribution in [0.4, 0.5) is 11.8 Å². The van der Waals surface area contributed by atoms with Gasteiger partial charge >= 0.3 is 0 Å². The standard InChI is InChI=1S/C23H26N6O3/c1-16-3-2-4-17(9-16)12-24-27-21-11-22-25-19(20(30)10-18-14-32-15-18)13-29(22)23(26-21)28-5-7-31-8-6-28/h2-4,9,11-13,18,27H,5-8,10,14-15H2,1H3/b24-12+. The van der Waals surface area contributed by atoms with Gasteiger partial charge in [-0.25, -0.2) is 4.98 Å². The molecule has 0 bridgehead atoms. The number of hydrogen-bond donors (Lipinski definition) is 1. The molecule has 2 saturated heterocycles. The number of ketones is 1. The van der Waals surface area contributed by atoms with E-state index in [4.69, 9.17) is 14.5 Å². The summed E-state index contributed by atoms with van der Waals surface area (Å²) in [7, 11) is 0. The number of ether oxygens (including phenoxy) is 2. The fourth-order valence-corrected chi connectivity index (χ4v) is 3.84. The lowest BCUT2D eigenvalue weighted by atomic mass is 10.00. The molecular weight excluding hydrogens is 408 g/mol. The summed E-state index contributed by atoms with van der Waals surface area (Å²) in [6.07, 6.45) is 4.00. The van der Waals surface area contributed by atoms with Crippen molar-refractivity contribution in [1.82, 2.24) is 14.4 Å². The number of benzene rings is 1. The Balaban J connectivity index is 1.43. The molecule has 2 aromatic heterocycles. The van der Waals surface area contributed by atoms with Crippen LogP contribution in [0.15, 0.2) is 41.6 Å². The molecule has 2 aliphatic heterocycles. The van der Waals surface area contributed by atoms with Crippen molar-refractivity contribution < 1.29 is 14.3 Å². The molecule has 0 unspecified atom stereocenters. The Kier molecular flexibility index (Phi) is 5.83. The first-order valence-electron chi connectivity index (χ1n) is 10.9. The summed E-state index contributed by atoms with van der Waals surface area (Å²) in [6.45, 7) is 6.05. The number of imidazole rings is 1. The fraction of sp³-hybridized carbons (Fsp3) is 0.391. The molecule has 166 valence electrons. The number of aryl methyl sites for hydroxylation is 1. The molecule has 0 aliphatic carbocycles. The molecule has 0 atom stereocenters. The van der Waals surface area contributed by atoms with E-state index in [1.807, 2.05) is 29.5 Å². The van der Waals surface area contributed by atoms with Crippen LogP contribution in [0.2, 0.25) is 0 Å². The maximum absolute atomic E-state index is 12.7. The van der Waals surface area contributed by atoms with E-state index in [0.717, 1.165) is 24.6 Å². The van der Waals surface area contributed by atoms with E-state index in [1.54, 1.807) is 18.5 Å². The Morgan fingerprint density at radius 2 is 2.06 bits per heavy atom. The predicted molar refractivity (Wildman–Crippen MR) is 122 cm³/mol. The van der Waals surface area contributed by atoms with Gasteiger partial charge in [0.1, 0.15) is 11.3 Å². The van der Waals surface area contributed by atoms with Crippen molar-refractivity contribution >= 4 is 29.4 Å². The number of hydrazone groups is 1. The van der Waals surface area contributed by atoms with Gasteiger partial charge in [-0.05, 0) is 12.5 Å². The van der Waals surface area contributed by atoms with Gasteiger partial charge in [-0.2, -0.15) is 10.1 Å². The number of rotatable bonds is 7. The van der Waals surface area contributed by atoms with Crippen LogP contribution in [0.3, 0.4) is 0 Å². The van der Waals surface area contributed by atoms with E-state index in [9.17, 15) is 4.79 Å². The summed E-state index contributed by atoms with van der Waals surface area (Å²) in [5.41, 5.74) is 6.30. The zero-order valence-electron chi connectivity index (χ0n) is 18.0. The SMILES string of the molecule is Cc1cccc(/C=N/Nc2cc3nc(C(=O)CC4COC4)cn3c(N3CCOCC3)n2)c1. The van der Waals surface area contributed by atoms with Crippen molar-refractivity contribution in [2.75, 3.05) is 49.8 Å². The Hall–Kier alpha value is -3.30. The van der Waals surface area contributed by atoms with Crippen LogP contribution in [0.1, 0.15) is 28.0 Å². The second-order valence-electron chi connectivity index (χ2n) is 8.21. The van der Waals surface area contributed by atoms with Gasteiger partial charge < -0.3 is 14.4 Å². The third-order valence-electron chi connectivity index (χ3n) is 5.63. The lowest BCUT2D eigenvalue weighted by molar-refractivity contribution is -0.0322. The van der Waals surface area contributed by atoms with Crippen LogP contribution in [-0.4, -0.2) is 65.9 Å². The van der Waals surface area contributed by atoms with E-state index in [-0.39, 0.29) is 11.7 Å². The molecule has 0 saturated carbocycles. The summed E-state index contributed by atoms with van der Waals surface area (Å²) in [5, 5.41) is 4.35. The number of morpholine rings is 1. The average Bonchev–Trinajstić information content (AvgIpc) is 3.21. The minimum Gasteiger partial charge on any atom is -0.381 e. The van der Waals surface area contributed by atoms with E-state index >= 15 is 0 Å². The van der Waals surface area contributed by atoms with Crippen molar-refractivity contribution in [2.24, 2.45) is 11.0 Å². The maximum Gasteiger partial charge on any atom is 0.213 e. The van der Waals surface area contributed by atoms with Gasteiger partial charge in [-0.15, -0.1) is 0 Å². The highest BCUT2D eigenvalue weighted by molar-refractivity contribution is 5.95. The Morgan fingerprint density at radius 3 is 2.81 bits per heavy atom. The first kappa shape index (κ1) is 20.6. The molecule has 0 radical (unpaired) electrons. The third kappa shape index (κ3) is 4.49. The van der Waals surface area contributed by atoms with E-state index in [0.29, 0.717) is 50.0 Å². The molecule has 9 heteroatoms. The van der Waals surface area contributed by atoms with Crippen LogP contribution in [0.25, 0.3) is 5.65 Å². The quantitative estimate of drug-likeness (QED) is 0.347. The van der Waals surface area contributed by atoms with Gasteiger partial charge in [0.25, 0.3) is 0 Å². The molecule has 9 nitrogen and oxygen atoms in total. The molecule has 1 aromatic carbocycles. The van der Waals surface area contributed by atoms with Gasteiger partial charge in [-0.3, -0.25) is 14.6 Å². The van der Waals surface area contributed by atoms with Crippen LogP contribution in [0, 0.1) is 12.8 Å². The average molecular weight is 435 g/mol. The number of fused-ring (bicyclic) bond motifs is 1. The molecule has 0 amide bonds. The molecular formula is C23H26N6O3. The van der Waals surface area contributed by atoms with E-state index in [2.05, 4.69) is 26.5 Å². The molecule has 5 rings (SSSR count). The first-order valence-corrected chi connectivity index (χ1v) is 10.9. The van der Waals surface area contributed by atoms with E-state index in [1.165, 1.54) is 5.56 Å². The highest BCUT2D eigenvalue weighted by atomic mass is 16.5. The van der Waals surface area contributed by atoms with Gasteiger partial charge in [0, 0.05) is 37.7 Å². The molecule has 1 N–H and O–H groups in total. The number of nitrogens with one attached hydrogen (secondary N) is 1. The number of aromatic nitrogens is 3. The Morgan fingerprint density at radius 1 is 1.22 bits per heavy atom. The number of Topliss-reactive ketones (excluding diaryl/α,β-unsaturated/α-hetero) is 1. The monoisotopic (exact) mass is 434 g/mol. The molecule has 0 spiro atoms. The summed E-state index contributed by atoms with van der Waals surface area (Å²) < 4.78 is 12.6. The highest BCUT2D eigenvalue weighted by Crippen LogP contribution is 2.23. The minimum absolute atomic E-state index is 0.0295. The van der Waals surface area contributed by atoms with Crippen LogP contribution in [-0.2, 0) is 9.47 Å². The number of nitrogens with zero attached hydrogens (tertiary/aromatic N) is 5. The van der Waals surface area contributed by atoms with Crippen LogP contribution in [0.5, 0.6) is 0 Å². The van der Waals surface area contributed by atoms with Crippen molar-refractivity contribution in [1.29, 1.82) is 0 Å². The van der Waals surface area contributed by atoms with Gasteiger partial charge in [-0.1, -0.05) is 29.8 Å². The first-order chi connectivity index (χ1) is 15.7. The van der Waals surface area contributed by atoms with Gasteiger partial charge in [0.05, 0.1) is 32.6 Å². The van der Waals surface area contributed by atoms with Crippen molar-refractivity contribution in [3.63, 3.8) is 0 Å². The Bertz CT molecular complexity index is 1150. The lowest BCUT2D eigenvalue weighted by Gasteiger charge is -2.28. The smallest absolute Gasteiger partial charge is 0.213 e. The van der Waals surface area contributed by atoms with Gasteiger partial charge in [0.2, 0.25) is 5.95 Å². The second kappa shape index (κ2) is 9.05. The topological polar surface area (TPSA) is 93.3 Å². The van der Waals surface area contributed by atoms with Crippen LogP contribution < -0.4 is 10.3 Å². The number of hydrogen-bond acceptors (Lipinski definition) is 8. The molecule has 3 aromatic rings. The lowest BCUT2D eigenvalue weighted by Crippen LogP contribution is -2.38. The normalized spacial score (nSPS) is 17.1. The van der Waals surface area contributed by atoms with Gasteiger partial charge in [0.15, 0.2) is 11.6 Å². The largest absolute Gasteiger partial charge is 0.381 e. The molecule has 2 fully saturated rings. The highest BCUT2D eigenvalue weighted by Gasteiger charge is 2.25. The summed E-state index contributed by atoms with van der Waals surface area (Å²) in [6, 6.07) is 9.90.